The van der Waals surface area contributed by atoms with E-state index in [9.17, 15) is 4.79 Å². The highest BCUT2D eigenvalue weighted by Crippen LogP contribution is 2.32. The second-order valence-electron chi connectivity index (χ2n) is 5.39. The number of rotatable bonds is 3. The summed E-state index contributed by atoms with van der Waals surface area (Å²) in [7, 11) is 0. The maximum Gasteiger partial charge on any atom is 0.419 e. The molecule has 5 nitrogen and oxygen atoms in total. The van der Waals surface area contributed by atoms with Gasteiger partial charge in [-0.3, -0.25) is 4.57 Å². The van der Waals surface area contributed by atoms with Crippen LogP contribution in [-0.2, 0) is 11.3 Å². The Labute approximate surface area is 117 Å². The molecule has 3 unspecified atom stereocenters. The van der Waals surface area contributed by atoms with E-state index in [2.05, 4.69) is 6.92 Å². The van der Waals surface area contributed by atoms with E-state index in [1.165, 1.54) is 0 Å². The minimum atomic E-state index is -0.314. The number of hydrogen-bond donors (Lipinski definition) is 1. The number of fused-ring (bicyclic) bond motifs is 1. The van der Waals surface area contributed by atoms with Crippen molar-refractivity contribution < 1.29 is 9.15 Å². The zero-order valence-electron chi connectivity index (χ0n) is 11.8. The summed E-state index contributed by atoms with van der Waals surface area (Å²) in [5.74, 6) is -0.00165. The van der Waals surface area contributed by atoms with Crippen LogP contribution in [-0.4, -0.2) is 17.3 Å². The van der Waals surface area contributed by atoms with Gasteiger partial charge >= 0.3 is 5.76 Å². The van der Waals surface area contributed by atoms with Crippen molar-refractivity contribution in [3.05, 3.63) is 34.3 Å². The Hall–Kier alpha value is -1.59. The first-order valence-electron chi connectivity index (χ1n) is 7.12. The van der Waals surface area contributed by atoms with Crippen molar-refractivity contribution in [2.75, 3.05) is 6.61 Å². The molecule has 1 aromatic heterocycles. The van der Waals surface area contributed by atoms with Crippen LogP contribution in [0.1, 0.15) is 31.9 Å². The predicted molar refractivity (Wildman–Crippen MR) is 76.6 cm³/mol. The van der Waals surface area contributed by atoms with E-state index in [-0.39, 0.29) is 17.9 Å². The lowest BCUT2D eigenvalue weighted by Crippen LogP contribution is -2.26. The Morgan fingerprint density at radius 3 is 2.95 bits per heavy atom. The second-order valence-corrected chi connectivity index (χ2v) is 5.39. The molecular formula is C15H20N2O3. The SMILES string of the molecule is CCn1c(=O)oc2cc(C(N)C3CCOC3C)ccc21. The molecule has 20 heavy (non-hydrogen) atoms. The van der Waals surface area contributed by atoms with Crippen LogP contribution in [0.5, 0.6) is 0 Å². The van der Waals surface area contributed by atoms with Crippen molar-refractivity contribution in [2.45, 2.75) is 39.0 Å². The van der Waals surface area contributed by atoms with Gasteiger partial charge in [-0.15, -0.1) is 0 Å². The average molecular weight is 276 g/mol. The van der Waals surface area contributed by atoms with Gasteiger partial charge in [0, 0.05) is 25.1 Å². The number of nitrogens with two attached hydrogens (primary N) is 1. The molecule has 5 heteroatoms. The molecule has 3 atom stereocenters. The van der Waals surface area contributed by atoms with Gasteiger partial charge in [-0.25, -0.2) is 4.79 Å². The van der Waals surface area contributed by atoms with E-state index in [1.807, 2.05) is 25.1 Å². The molecule has 0 spiro atoms. The minimum absolute atomic E-state index is 0.0906. The number of hydrogen-bond acceptors (Lipinski definition) is 4. The Morgan fingerprint density at radius 1 is 1.50 bits per heavy atom. The average Bonchev–Trinajstić information content (AvgIpc) is 2.99. The fourth-order valence-corrected chi connectivity index (χ4v) is 3.06. The van der Waals surface area contributed by atoms with Crippen LogP contribution in [0.4, 0.5) is 0 Å². The predicted octanol–water partition coefficient (Wildman–Crippen LogP) is 2.04. The summed E-state index contributed by atoms with van der Waals surface area (Å²) in [6.45, 7) is 5.35. The molecule has 0 aliphatic carbocycles. The summed E-state index contributed by atoms with van der Waals surface area (Å²) < 4.78 is 12.5. The van der Waals surface area contributed by atoms with Crippen LogP contribution in [0.25, 0.3) is 11.1 Å². The fraction of sp³-hybridized carbons (Fsp3) is 0.533. The van der Waals surface area contributed by atoms with Gasteiger partial charge in [0.05, 0.1) is 11.6 Å². The van der Waals surface area contributed by atoms with E-state index in [4.69, 9.17) is 14.9 Å². The van der Waals surface area contributed by atoms with Crippen molar-refractivity contribution in [1.82, 2.24) is 4.57 Å². The van der Waals surface area contributed by atoms with Crippen molar-refractivity contribution in [3.8, 4) is 0 Å². The standard InChI is InChI=1S/C15H20N2O3/c1-3-17-12-5-4-10(8-13(12)20-15(17)18)14(16)11-6-7-19-9(11)2/h4-5,8-9,11,14H,3,6-7,16H2,1-2H3. The van der Waals surface area contributed by atoms with Gasteiger partial charge in [-0.1, -0.05) is 6.07 Å². The molecule has 1 aliphatic rings. The van der Waals surface area contributed by atoms with Gasteiger partial charge in [0.2, 0.25) is 0 Å². The topological polar surface area (TPSA) is 70.4 Å². The third kappa shape index (κ3) is 2.07. The van der Waals surface area contributed by atoms with Crippen LogP contribution >= 0.6 is 0 Å². The van der Waals surface area contributed by atoms with E-state index >= 15 is 0 Å². The molecule has 108 valence electrons. The van der Waals surface area contributed by atoms with Crippen molar-refractivity contribution >= 4 is 11.1 Å². The maximum atomic E-state index is 11.7. The lowest BCUT2D eigenvalue weighted by molar-refractivity contribution is 0.0995. The van der Waals surface area contributed by atoms with E-state index in [0.29, 0.717) is 18.0 Å². The number of aromatic nitrogens is 1. The molecule has 3 rings (SSSR count). The number of benzene rings is 1. The van der Waals surface area contributed by atoms with Gasteiger partial charge in [-0.2, -0.15) is 0 Å². The van der Waals surface area contributed by atoms with E-state index in [1.54, 1.807) is 4.57 Å². The van der Waals surface area contributed by atoms with Crippen molar-refractivity contribution in [1.29, 1.82) is 0 Å². The molecule has 2 N–H and O–H groups in total. The summed E-state index contributed by atoms with van der Waals surface area (Å²) in [6.07, 6.45) is 1.15. The van der Waals surface area contributed by atoms with Gasteiger partial charge in [0.25, 0.3) is 0 Å². The van der Waals surface area contributed by atoms with E-state index < -0.39 is 0 Å². The third-order valence-electron chi connectivity index (χ3n) is 4.29. The quantitative estimate of drug-likeness (QED) is 0.931. The lowest BCUT2D eigenvalue weighted by Gasteiger charge is -2.22. The molecule has 0 bridgehead atoms. The van der Waals surface area contributed by atoms with Crippen LogP contribution in [0.15, 0.2) is 27.4 Å². The molecule has 2 heterocycles. The molecule has 0 saturated carbocycles. The van der Waals surface area contributed by atoms with Crippen LogP contribution in [0.3, 0.4) is 0 Å². The molecule has 1 aromatic carbocycles. The molecular weight excluding hydrogens is 256 g/mol. The first-order valence-corrected chi connectivity index (χ1v) is 7.12. The lowest BCUT2D eigenvalue weighted by atomic mass is 9.89. The summed E-state index contributed by atoms with van der Waals surface area (Å²) in [4.78, 5) is 11.7. The first kappa shape index (κ1) is 13.4. The molecule has 1 fully saturated rings. The molecule has 2 aromatic rings. The van der Waals surface area contributed by atoms with Crippen LogP contribution in [0.2, 0.25) is 0 Å². The summed E-state index contributed by atoms with van der Waals surface area (Å²) >= 11 is 0. The Balaban J connectivity index is 1.98. The van der Waals surface area contributed by atoms with Gasteiger partial charge in [0.15, 0.2) is 5.58 Å². The highest BCUT2D eigenvalue weighted by Gasteiger charge is 2.30. The number of nitrogens with zero attached hydrogens (tertiary/aromatic N) is 1. The Morgan fingerprint density at radius 2 is 2.30 bits per heavy atom. The van der Waals surface area contributed by atoms with Gasteiger partial charge in [0.1, 0.15) is 0 Å². The Bertz CT molecular complexity index is 673. The third-order valence-corrected chi connectivity index (χ3v) is 4.29. The smallest absolute Gasteiger partial charge is 0.408 e. The zero-order valence-corrected chi connectivity index (χ0v) is 11.8. The fourth-order valence-electron chi connectivity index (χ4n) is 3.06. The number of oxazole rings is 1. The van der Waals surface area contributed by atoms with Crippen LogP contribution < -0.4 is 11.5 Å². The molecule has 1 aliphatic heterocycles. The zero-order chi connectivity index (χ0) is 14.3. The van der Waals surface area contributed by atoms with Crippen molar-refractivity contribution in [2.24, 2.45) is 11.7 Å². The maximum absolute atomic E-state index is 11.7. The minimum Gasteiger partial charge on any atom is -0.408 e. The summed E-state index contributed by atoms with van der Waals surface area (Å²) in [6, 6.07) is 5.70. The largest absolute Gasteiger partial charge is 0.419 e. The van der Waals surface area contributed by atoms with Gasteiger partial charge < -0.3 is 14.9 Å². The summed E-state index contributed by atoms with van der Waals surface area (Å²) in [5.41, 5.74) is 8.78. The van der Waals surface area contributed by atoms with Crippen LogP contribution in [0, 0.1) is 5.92 Å². The number of aryl methyl sites for hydroxylation is 1. The highest BCUT2D eigenvalue weighted by molar-refractivity contribution is 5.74. The Kier molecular flexibility index (Phi) is 3.40. The molecule has 0 radical (unpaired) electrons. The highest BCUT2D eigenvalue weighted by atomic mass is 16.5. The van der Waals surface area contributed by atoms with E-state index in [0.717, 1.165) is 24.1 Å². The molecule has 0 amide bonds. The monoisotopic (exact) mass is 276 g/mol. The number of ether oxygens (including phenoxy) is 1. The summed E-state index contributed by atoms with van der Waals surface area (Å²) in [5, 5.41) is 0. The van der Waals surface area contributed by atoms with Gasteiger partial charge in [-0.05, 0) is 38.0 Å². The molecule has 1 saturated heterocycles. The normalized spacial score (nSPS) is 24.4. The van der Waals surface area contributed by atoms with Crippen molar-refractivity contribution in [3.63, 3.8) is 0 Å². The first-order chi connectivity index (χ1) is 9.61. The second kappa shape index (κ2) is 5.07.